The van der Waals surface area contributed by atoms with Gasteiger partial charge in [0.25, 0.3) is 5.91 Å². The van der Waals surface area contributed by atoms with Gasteiger partial charge in [0.1, 0.15) is 0 Å². The number of hydrogen-bond acceptors (Lipinski definition) is 6. The third-order valence-electron chi connectivity index (χ3n) is 5.49. The van der Waals surface area contributed by atoms with E-state index < -0.39 is 0 Å². The van der Waals surface area contributed by atoms with Crippen LogP contribution in [0.4, 0.5) is 0 Å². The number of aromatic nitrogens is 8. The molecule has 5 rings (SSSR count). The summed E-state index contributed by atoms with van der Waals surface area (Å²) in [5, 5.41) is 20.7. The summed E-state index contributed by atoms with van der Waals surface area (Å²) in [7, 11) is 1.89. The Kier molecular flexibility index (Phi) is 5.19. The lowest BCUT2D eigenvalue weighted by Gasteiger charge is -2.01. The first-order valence-corrected chi connectivity index (χ1v) is 10.6. The highest BCUT2D eigenvalue weighted by Gasteiger charge is 2.25. The monoisotopic (exact) mass is 419 g/mol. The van der Waals surface area contributed by atoms with Crippen molar-refractivity contribution >= 4 is 16.9 Å². The van der Waals surface area contributed by atoms with Crippen LogP contribution in [0.1, 0.15) is 59.2 Å². The normalized spacial score (nSPS) is 13.7. The zero-order valence-corrected chi connectivity index (χ0v) is 17.5. The molecule has 0 radical (unpaired) electrons. The van der Waals surface area contributed by atoms with Crippen molar-refractivity contribution in [2.24, 2.45) is 7.05 Å². The van der Waals surface area contributed by atoms with Crippen LogP contribution < -0.4 is 5.32 Å². The molecule has 4 aromatic rings. The molecule has 1 aliphatic rings. The van der Waals surface area contributed by atoms with E-state index in [1.807, 2.05) is 17.8 Å². The van der Waals surface area contributed by atoms with Crippen molar-refractivity contribution in [2.45, 2.75) is 51.1 Å². The number of nitrogens with one attached hydrogen (secondary N) is 2. The number of H-pyrrole nitrogens is 1. The van der Waals surface area contributed by atoms with E-state index >= 15 is 0 Å². The number of unbranched alkanes of at least 4 members (excludes halogenated alkanes) is 1. The van der Waals surface area contributed by atoms with Gasteiger partial charge in [-0.3, -0.25) is 9.48 Å². The SMILES string of the molecule is Cn1cnc(CNC(=O)c2cn(CCCCc3cc4cc(C5CC5)[nH]c4nn3)nn2)c1. The molecule has 0 spiro atoms. The molecule has 0 bridgehead atoms. The molecule has 4 aromatic heterocycles. The van der Waals surface area contributed by atoms with Gasteiger partial charge < -0.3 is 14.9 Å². The van der Waals surface area contributed by atoms with E-state index in [1.54, 1.807) is 17.2 Å². The van der Waals surface area contributed by atoms with Crippen LogP contribution >= 0.6 is 0 Å². The lowest BCUT2D eigenvalue weighted by Crippen LogP contribution is -2.23. The molecular formula is C21H25N9O. The summed E-state index contributed by atoms with van der Waals surface area (Å²) in [6.45, 7) is 1.06. The van der Waals surface area contributed by atoms with E-state index in [1.165, 1.54) is 18.5 Å². The number of rotatable bonds is 9. The fourth-order valence-corrected chi connectivity index (χ4v) is 3.64. The number of imidazole rings is 1. The molecule has 4 heterocycles. The zero-order valence-electron chi connectivity index (χ0n) is 17.5. The predicted molar refractivity (Wildman–Crippen MR) is 113 cm³/mol. The topological polar surface area (TPSA) is 119 Å². The minimum absolute atomic E-state index is 0.252. The van der Waals surface area contributed by atoms with E-state index in [2.05, 4.69) is 47.9 Å². The highest BCUT2D eigenvalue weighted by Crippen LogP contribution is 2.40. The number of carbonyl (C=O) groups excluding carboxylic acids is 1. The van der Waals surface area contributed by atoms with Crippen LogP contribution in [-0.2, 0) is 26.6 Å². The molecule has 160 valence electrons. The van der Waals surface area contributed by atoms with Crippen LogP contribution in [0.5, 0.6) is 0 Å². The second kappa shape index (κ2) is 8.29. The maximum atomic E-state index is 12.2. The van der Waals surface area contributed by atoms with E-state index in [4.69, 9.17) is 0 Å². The van der Waals surface area contributed by atoms with Crippen molar-refractivity contribution in [3.8, 4) is 0 Å². The molecule has 0 aliphatic heterocycles. The van der Waals surface area contributed by atoms with Gasteiger partial charge in [0.15, 0.2) is 11.3 Å². The maximum Gasteiger partial charge on any atom is 0.273 e. The number of nitrogens with zero attached hydrogens (tertiary/aromatic N) is 7. The number of aryl methyl sites for hydroxylation is 3. The first-order chi connectivity index (χ1) is 15.1. The Balaban J connectivity index is 1.08. The molecule has 2 N–H and O–H groups in total. The lowest BCUT2D eigenvalue weighted by atomic mass is 10.1. The summed E-state index contributed by atoms with van der Waals surface area (Å²) >= 11 is 0. The minimum Gasteiger partial charge on any atom is -0.345 e. The van der Waals surface area contributed by atoms with Gasteiger partial charge in [0, 0.05) is 30.9 Å². The maximum absolute atomic E-state index is 12.2. The van der Waals surface area contributed by atoms with Gasteiger partial charge in [-0.15, -0.1) is 10.2 Å². The average molecular weight is 419 g/mol. The fraction of sp³-hybridized carbons (Fsp3) is 0.429. The molecule has 31 heavy (non-hydrogen) atoms. The van der Waals surface area contributed by atoms with Crippen molar-refractivity contribution in [2.75, 3.05) is 0 Å². The van der Waals surface area contributed by atoms with Crippen molar-refractivity contribution in [1.29, 1.82) is 0 Å². The zero-order chi connectivity index (χ0) is 21.2. The summed E-state index contributed by atoms with van der Waals surface area (Å²) < 4.78 is 3.55. The van der Waals surface area contributed by atoms with Crippen molar-refractivity contribution < 1.29 is 4.79 Å². The Hall–Kier alpha value is -3.56. The van der Waals surface area contributed by atoms with Crippen molar-refractivity contribution in [3.05, 3.63) is 53.6 Å². The van der Waals surface area contributed by atoms with Gasteiger partial charge in [0.2, 0.25) is 0 Å². The molecule has 0 saturated heterocycles. The summed E-state index contributed by atoms with van der Waals surface area (Å²) in [6, 6.07) is 4.34. The van der Waals surface area contributed by atoms with Crippen LogP contribution in [0.2, 0.25) is 0 Å². The van der Waals surface area contributed by atoms with Gasteiger partial charge in [-0.1, -0.05) is 5.21 Å². The first-order valence-electron chi connectivity index (χ1n) is 10.6. The molecule has 0 atom stereocenters. The van der Waals surface area contributed by atoms with Crippen LogP contribution in [0.25, 0.3) is 11.0 Å². The Bertz CT molecular complexity index is 1200. The Morgan fingerprint density at radius 2 is 2.06 bits per heavy atom. The van der Waals surface area contributed by atoms with E-state index in [0.29, 0.717) is 24.7 Å². The molecule has 1 aliphatic carbocycles. The van der Waals surface area contributed by atoms with Crippen LogP contribution in [-0.4, -0.2) is 45.6 Å². The molecule has 0 aromatic carbocycles. The molecule has 10 nitrogen and oxygen atoms in total. The highest BCUT2D eigenvalue weighted by molar-refractivity contribution is 5.91. The van der Waals surface area contributed by atoms with E-state index in [-0.39, 0.29) is 5.91 Å². The standard InChI is InChI=1S/C21H25N9O/c1-29-11-17(23-13-29)10-22-21(31)19-12-30(28-26-19)7-3-2-4-16-8-15-9-18(14-5-6-14)24-20(15)27-25-16/h8-9,11-14H,2-7,10H2,1H3,(H,22,31)(H,24,27). The van der Waals surface area contributed by atoms with Crippen LogP contribution in [0.15, 0.2) is 30.9 Å². The largest absolute Gasteiger partial charge is 0.345 e. The van der Waals surface area contributed by atoms with E-state index in [9.17, 15) is 4.79 Å². The smallest absolute Gasteiger partial charge is 0.273 e. The number of hydrogen-bond donors (Lipinski definition) is 2. The van der Waals surface area contributed by atoms with Crippen LogP contribution in [0.3, 0.4) is 0 Å². The van der Waals surface area contributed by atoms with Gasteiger partial charge in [-0.25, -0.2) is 4.98 Å². The Morgan fingerprint density at radius 3 is 2.87 bits per heavy atom. The molecule has 1 saturated carbocycles. The molecule has 1 amide bonds. The molecular weight excluding hydrogens is 394 g/mol. The minimum atomic E-state index is -0.252. The van der Waals surface area contributed by atoms with Crippen molar-refractivity contribution in [3.63, 3.8) is 0 Å². The highest BCUT2D eigenvalue weighted by atomic mass is 16.2. The summed E-state index contributed by atoms with van der Waals surface area (Å²) in [5.74, 6) is 0.430. The number of fused-ring (bicyclic) bond motifs is 1. The average Bonchev–Trinajstić information content (AvgIpc) is 3.16. The third-order valence-corrected chi connectivity index (χ3v) is 5.49. The second-order valence-corrected chi connectivity index (χ2v) is 8.18. The van der Waals surface area contributed by atoms with E-state index in [0.717, 1.165) is 41.7 Å². The number of amides is 1. The Morgan fingerprint density at radius 1 is 1.16 bits per heavy atom. The summed E-state index contributed by atoms with van der Waals surface area (Å²) in [4.78, 5) is 19.8. The third kappa shape index (κ3) is 4.62. The second-order valence-electron chi connectivity index (χ2n) is 8.18. The first kappa shape index (κ1) is 19.4. The predicted octanol–water partition coefficient (Wildman–Crippen LogP) is 2.11. The van der Waals surface area contributed by atoms with Crippen molar-refractivity contribution in [1.82, 2.24) is 45.0 Å². The summed E-state index contributed by atoms with van der Waals surface area (Å²) in [6.07, 6.45) is 10.5. The van der Waals surface area contributed by atoms with Gasteiger partial charge in [0.05, 0.1) is 30.5 Å². The summed E-state index contributed by atoms with van der Waals surface area (Å²) in [5.41, 5.74) is 4.27. The number of aromatic amines is 1. The van der Waals surface area contributed by atoms with Gasteiger partial charge in [-0.05, 0) is 50.2 Å². The van der Waals surface area contributed by atoms with Crippen LogP contribution in [0, 0.1) is 0 Å². The fourth-order valence-electron chi connectivity index (χ4n) is 3.64. The molecule has 0 unspecified atom stereocenters. The number of carbonyl (C=O) groups is 1. The van der Waals surface area contributed by atoms with Gasteiger partial charge in [-0.2, -0.15) is 5.10 Å². The quantitative estimate of drug-likeness (QED) is 0.401. The van der Waals surface area contributed by atoms with Gasteiger partial charge >= 0.3 is 0 Å². The molecule has 10 heteroatoms. The molecule has 1 fully saturated rings. The Labute approximate surface area is 179 Å². The lowest BCUT2D eigenvalue weighted by molar-refractivity contribution is 0.0945.